The van der Waals surface area contributed by atoms with Crippen LogP contribution < -0.4 is 10.5 Å². The summed E-state index contributed by atoms with van der Waals surface area (Å²) in [6, 6.07) is 3.37. The van der Waals surface area contributed by atoms with Gasteiger partial charge in [0.15, 0.2) is 5.84 Å². The normalized spacial score (nSPS) is 19.0. The molecule has 15 heavy (non-hydrogen) atoms. The molecule has 0 spiro atoms. The predicted molar refractivity (Wildman–Crippen MR) is 54.5 cm³/mol. The third-order valence-corrected chi connectivity index (χ3v) is 2.03. The smallest absolute Gasteiger partial charge is 0.188 e. The van der Waals surface area contributed by atoms with Gasteiger partial charge >= 0.3 is 0 Å². The highest BCUT2D eigenvalue weighted by Crippen LogP contribution is 2.26. The molecule has 2 heterocycles. The number of methoxy groups -OCH3 is 1. The summed E-state index contributed by atoms with van der Waals surface area (Å²) in [5.74, 6) is 0.563. The van der Waals surface area contributed by atoms with Crippen LogP contribution in [-0.4, -0.2) is 29.4 Å². The van der Waals surface area contributed by atoms with E-state index in [0.717, 1.165) is 5.69 Å². The average molecular weight is 206 g/mol. The Kier molecular flexibility index (Phi) is 2.24. The van der Waals surface area contributed by atoms with E-state index >= 15 is 0 Å². The maximum atomic E-state index is 8.55. The molecule has 1 unspecified atom stereocenters. The van der Waals surface area contributed by atoms with Crippen molar-refractivity contribution in [1.29, 1.82) is 0 Å². The number of aromatic nitrogens is 1. The van der Waals surface area contributed by atoms with Crippen LogP contribution >= 0.6 is 0 Å². The maximum Gasteiger partial charge on any atom is 0.188 e. The molecule has 1 aliphatic heterocycles. The molecular weight excluding hydrogens is 196 g/mol. The van der Waals surface area contributed by atoms with E-state index in [1.165, 1.54) is 0 Å². The Morgan fingerprint density at radius 2 is 2.33 bits per heavy atom. The molecule has 0 aliphatic carbocycles. The van der Waals surface area contributed by atoms with Crippen LogP contribution in [0.4, 0.5) is 0 Å². The highest BCUT2D eigenvalue weighted by atomic mass is 16.5. The van der Waals surface area contributed by atoms with Crippen molar-refractivity contribution in [2.75, 3.05) is 7.11 Å². The predicted octanol–water partition coefficient (Wildman–Crippen LogP) is 0.310. The minimum atomic E-state index is -0.0456. The van der Waals surface area contributed by atoms with Gasteiger partial charge in [0.1, 0.15) is 17.5 Å². The molecule has 1 aromatic rings. The van der Waals surface area contributed by atoms with Gasteiger partial charge in [-0.05, 0) is 0 Å². The topological polar surface area (TPSA) is 93.1 Å². The fourth-order valence-electron chi connectivity index (χ4n) is 1.17. The molecule has 1 aliphatic rings. The third-order valence-electron chi connectivity index (χ3n) is 2.03. The van der Waals surface area contributed by atoms with Crippen molar-refractivity contribution in [2.24, 2.45) is 15.9 Å². The van der Waals surface area contributed by atoms with E-state index in [1.54, 1.807) is 25.5 Å². The van der Waals surface area contributed by atoms with Crippen molar-refractivity contribution < 1.29 is 9.94 Å². The van der Waals surface area contributed by atoms with E-state index in [-0.39, 0.29) is 11.9 Å². The molecule has 0 radical (unpaired) electrons. The molecule has 0 fully saturated rings. The van der Waals surface area contributed by atoms with Gasteiger partial charge in [0.25, 0.3) is 0 Å². The second-order valence-electron chi connectivity index (χ2n) is 3.05. The molecule has 78 valence electrons. The first kappa shape index (κ1) is 9.45. The highest BCUT2D eigenvalue weighted by molar-refractivity contribution is 5.95. The summed E-state index contributed by atoms with van der Waals surface area (Å²) in [5.41, 5.74) is 6.56. The zero-order valence-electron chi connectivity index (χ0n) is 8.08. The molecular formula is C9H10N4O2. The molecule has 0 saturated carbocycles. The molecule has 1 atom stereocenters. The van der Waals surface area contributed by atoms with Gasteiger partial charge < -0.3 is 15.7 Å². The van der Waals surface area contributed by atoms with E-state index in [0.29, 0.717) is 11.4 Å². The first-order chi connectivity index (χ1) is 7.24. The summed E-state index contributed by atoms with van der Waals surface area (Å²) in [6.45, 7) is 0. The monoisotopic (exact) mass is 206 g/mol. The molecule has 6 heteroatoms. The Morgan fingerprint density at radius 1 is 1.60 bits per heavy atom. The minimum absolute atomic E-state index is 0.00495. The highest BCUT2D eigenvalue weighted by Gasteiger charge is 2.19. The maximum absolute atomic E-state index is 8.55. The quantitative estimate of drug-likeness (QED) is 0.322. The molecule has 2 rings (SSSR count). The van der Waals surface area contributed by atoms with Crippen molar-refractivity contribution in [3.05, 3.63) is 23.5 Å². The van der Waals surface area contributed by atoms with Crippen LogP contribution in [0.1, 0.15) is 17.4 Å². The van der Waals surface area contributed by atoms with Crippen LogP contribution in [0.3, 0.4) is 0 Å². The van der Waals surface area contributed by atoms with Crippen molar-refractivity contribution >= 4 is 12.1 Å². The van der Waals surface area contributed by atoms with Crippen LogP contribution in [0.5, 0.6) is 5.75 Å². The van der Waals surface area contributed by atoms with Crippen LogP contribution in [0.25, 0.3) is 0 Å². The third kappa shape index (κ3) is 1.88. The lowest BCUT2D eigenvalue weighted by Gasteiger charge is -2.05. The fourth-order valence-corrected chi connectivity index (χ4v) is 1.17. The Bertz CT molecular complexity index is 436. The van der Waals surface area contributed by atoms with Gasteiger partial charge in [0, 0.05) is 18.3 Å². The number of hydrogen-bond donors (Lipinski definition) is 2. The van der Waals surface area contributed by atoms with Gasteiger partial charge in [0.2, 0.25) is 0 Å². The van der Waals surface area contributed by atoms with Gasteiger partial charge in [-0.25, -0.2) is 4.98 Å². The van der Waals surface area contributed by atoms with E-state index in [4.69, 9.17) is 15.7 Å². The SMILES string of the molecule is COc1cc(/C(N)=N/O)nc(C2C=N2)c1. The van der Waals surface area contributed by atoms with Crippen LogP contribution in [0.2, 0.25) is 0 Å². The lowest BCUT2D eigenvalue weighted by atomic mass is 10.2. The Hall–Kier alpha value is -2.11. The Labute approximate surface area is 86.1 Å². The lowest BCUT2D eigenvalue weighted by Crippen LogP contribution is -2.16. The zero-order valence-corrected chi connectivity index (χ0v) is 8.08. The van der Waals surface area contributed by atoms with Crippen molar-refractivity contribution in [1.82, 2.24) is 4.98 Å². The Morgan fingerprint density at radius 3 is 2.87 bits per heavy atom. The second kappa shape index (κ2) is 3.56. The molecule has 6 nitrogen and oxygen atoms in total. The first-order valence-electron chi connectivity index (χ1n) is 4.31. The number of amidine groups is 1. The van der Waals surface area contributed by atoms with Gasteiger partial charge in [0.05, 0.1) is 12.8 Å². The first-order valence-corrected chi connectivity index (χ1v) is 4.31. The van der Waals surface area contributed by atoms with E-state index in [9.17, 15) is 0 Å². The average Bonchev–Trinajstić information content (AvgIpc) is 3.11. The van der Waals surface area contributed by atoms with E-state index in [2.05, 4.69) is 15.1 Å². The van der Waals surface area contributed by atoms with Gasteiger partial charge in [-0.1, -0.05) is 5.16 Å². The zero-order chi connectivity index (χ0) is 10.8. The van der Waals surface area contributed by atoms with Gasteiger partial charge in [-0.15, -0.1) is 0 Å². The number of aliphatic imine (C=N–C) groups is 1. The second-order valence-corrected chi connectivity index (χ2v) is 3.05. The fraction of sp³-hybridized carbons (Fsp3) is 0.222. The van der Waals surface area contributed by atoms with Gasteiger partial charge in [-0.2, -0.15) is 0 Å². The lowest BCUT2D eigenvalue weighted by molar-refractivity contribution is 0.318. The van der Waals surface area contributed by atoms with E-state index in [1.807, 2.05) is 0 Å². The summed E-state index contributed by atoms with van der Waals surface area (Å²) in [4.78, 5) is 8.18. The number of rotatable bonds is 3. The summed E-state index contributed by atoms with van der Waals surface area (Å²) in [5, 5.41) is 11.4. The summed E-state index contributed by atoms with van der Waals surface area (Å²) in [6.07, 6.45) is 1.76. The van der Waals surface area contributed by atoms with Crippen molar-refractivity contribution in [3.8, 4) is 5.75 Å². The van der Waals surface area contributed by atoms with Crippen molar-refractivity contribution in [3.63, 3.8) is 0 Å². The Balaban J connectivity index is 2.41. The van der Waals surface area contributed by atoms with Crippen molar-refractivity contribution in [2.45, 2.75) is 6.04 Å². The molecule has 0 saturated heterocycles. The molecule has 1 aromatic heterocycles. The number of nitrogens with zero attached hydrogens (tertiary/aromatic N) is 3. The standard InChI is InChI=1S/C9H10N4O2/c1-15-5-2-6(8-4-11-8)12-7(3-5)9(10)13-14/h2-4,8,14H,1H3,(H2,10,13). The molecule has 0 bridgehead atoms. The number of nitrogens with two attached hydrogens (primary N) is 1. The summed E-state index contributed by atoms with van der Waals surface area (Å²) >= 11 is 0. The van der Waals surface area contributed by atoms with E-state index < -0.39 is 0 Å². The minimum Gasteiger partial charge on any atom is -0.497 e. The summed E-state index contributed by atoms with van der Waals surface area (Å²) in [7, 11) is 1.54. The summed E-state index contributed by atoms with van der Waals surface area (Å²) < 4.78 is 5.08. The molecule has 0 amide bonds. The number of pyridine rings is 1. The van der Waals surface area contributed by atoms with Crippen LogP contribution in [-0.2, 0) is 0 Å². The van der Waals surface area contributed by atoms with Gasteiger partial charge in [-0.3, -0.25) is 4.99 Å². The molecule has 0 aromatic carbocycles. The largest absolute Gasteiger partial charge is 0.497 e. The number of hydrogen-bond acceptors (Lipinski definition) is 5. The van der Waals surface area contributed by atoms with Crippen LogP contribution in [0.15, 0.2) is 22.3 Å². The number of oxime groups is 1. The number of ether oxygens (including phenoxy) is 1. The molecule has 3 N–H and O–H groups in total. The van der Waals surface area contributed by atoms with Crippen LogP contribution in [0, 0.1) is 0 Å².